The SMILES string of the molecule is CC(C)(C)c1cc(C#CCCC(C)(C2CCC3C=CC=CC32)C2C3C=CC=CC3C3C=CC=CC32)cc(C=NC2CCCCC2)c1O.[CH3-].[CH3-].[Cl][Zr+2][Cl].[Cl][Zr][Cl]. The number of hydrogen-bond donors (Lipinski definition) is 1. The molecular weight excluding hydrogens is 919 g/mol. The van der Waals surface area contributed by atoms with E-state index >= 15 is 0 Å². The van der Waals surface area contributed by atoms with Crippen molar-refractivity contribution in [2.75, 3.05) is 0 Å². The molecule has 6 aliphatic rings. The molecule has 0 bridgehead atoms. The molecule has 6 aliphatic carbocycles. The standard InChI is InChI=1S/C45H55NO.2CH3.4ClH.2Zr/c1-44(2,3)41-29-31(28-33(43(41)47)30-46-34-18-6-5-7-19-34)16-14-15-27-45(4,40-26-25-32-17-8-9-20-35(32)40)42-38-23-12-10-21-36(38)37-22-11-13-24-39(37)42;;;;;;;;/h8-13,17,20-24,28-30,32,34-40,42,47H,5-7,15,18-19,25-27H2,1-4H3;2*1H3;4*1H;;/q;2*-1;;;;;+2;+4/p-4. The first kappa shape index (κ1) is 49.0. The van der Waals surface area contributed by atoms with Crippen molar-refractivity contribution < 1.29 is 46.8 Å². The van der Waals surface area contributed by atoms with Gasteiger partial charge in [0.1, 0.15) is 5.75 Å². The molecule has 8 unspecified atom stereocenters. The molecule has 1 aromatic rings. The molecule has 0 radical (unpaired) electrons. The van der Waals surface area contributed by atoms with Gasteiger partial charge < -0.3 is 20.0 Å². The van der Waals surface area contributed by atoms with Crippen LogP contribution in [-0.2, 0) is 47.1 Å². The molecule has 0 aromatic heterocycles. The molecule has 8 atom stereocenters. The summed E-state index contributed by atoms with van der Waals surface area (Å²) in [6, 6.07) is 4.55. The third-order valence-corrected chi connectivity index (χ3v) is 12.9. The van der Waals surface area contributed by atoms with Crippen molar-refractivity contribution in [2.45, 2.75) is 96.9 Å². The van der Waals surface area contributed by atoms with Crippen molar-refractivity contribution in [1.29, 1.82) is 0 Å². The van der Waals surface area contributed by atoms with Crippen LogP contribution in [0.4, 0.5) is 0 Å². The van der Waals surface area contributed by atoms with Gasteiger partial charge in [0.25, 0.3) is 0 Å². The van der Waals surface area contributed by atoms with Crippen LogP contribution in [0.2, 0.25) is 0 Å². The monoisotopic (exact) mass is 975 g/mol. The number of hydrogen-bond acceptors (Lipinski definition) is 2. The molecule has 55 heavy (non-hydrogen) atoms. The molecule has 8 heteroatoms. The van der Waals surface area contributed by atoms with Gasteiger partial charge in [-0.15, -0.1) is 0 Å². The topological polar surface area (TPSA) is 32.6 Å². The van der Waals surface area contributed by atoms with Crippen molar-refractivity contribution in [3.63, 3.8) is 0 Å². The molecule has 2 nitrogen and oxygen atoms in total. The van der Waals surface area contributed by atoms with Gasteiger partial charge in [-0.25, -0.2) is 0 Å². The number of aliphatic imine (C=N–C) groups is 1. The normalized spacial score (nSPS) is 29.3. The minimum atomic E-state index is -0.826. The van der Waals surface area contributed by atoms with Gasteiger partial charge in [0.05, 0.1) is 0 Å². The number of allylic oxidation sites excluding steroid dienone is 12. The Morgan fingerprint density at radius 1 is 0.782 bits per heavy atom. The van der Waals surface area contributed by atoms with Crippen LogP contribution in [0.25, 0.3) is 0 Å². The van der Waals surface area contributed by atoms with Crippen LogP contribution in [-0.4, -0.2) is 17.4 Å². The Balaban J connectivity index is 0.000000955. The zero-order valence-electron chi connectivity index (χ0n) is 33.6. The second-order valence-electron chi connectivity index (χ2n) is 16.8. The second kappa shape index (κ2) is 23.4. The summed E-state index contributed by atoms with van der Waals surface area (Å²) in [5, 5.41) is 11.3. The van der Waals surface area contributed by atoms with Gasteiger partial charge in [-0.2, -0.15) is 0 Å². The molecule has 7 rings (SSSR count). The maximum atomic E-state index is 11.3. The van der Waals surface area contributed by atoms with Crippen LogP contribution in [0.15, 0.2) is 90.0 Å². The van der Waals surface area contributed by atoms with E-state index in [1.54, 1.807) is 0 Å². The van der Waals surface area contributed by atoms with Gasteiger partial charge in [0.15, 0.2) is 0 Å². The molecular formula is C47H61Cl4NOZr2. The molecule has 3 fully saturated rings. The van der Waals surface area contributed by atoms with Crippen LogP contribution in [0.1, 0.15) is 102 Å². The average molecular weight is 980 g/mol. The summed E-state index contributed by atoms with van der Waals surface area (Å²) < 4.78 is 0. The number of benzene rings is 1. The van der Waals surface area contributed by atoms with Gasteiger partial charge in [0, 0.05) is 35.4 Å². The molecule has 0 spiro atoms. The summed E-state index contributed by atoms with van der Waals surface area (Å²) in [5.41, 5.74) is 2.73. The Morgan fingerprint density at radius 3 is 1.87 bits per heavy atom. The first-order valence-electron chi connectivity index (χ1n) is 19.4. The summed E-state index contributed by atoms with van der Waals surface area (Å²) in [6.07, 6.45) is 41.5. The molecule has 296 valence electrons. The van der Waals surface area contributed by atoms with E-state index in [0.717, 1.165) is 42.4 Å². The van der Waals surface area contributed by atoms with Crippen molar-refractivity contribution in [1.82, 2.24) is 0 Å². The second-order valence-corrected chi connectivity index (χ2v) is 24.3. The first-order chi connectivity index (χ1) is 25.6. The van der Waals surface area contributed by atoms with Gasteiger partial charge in [-0.05, 0) is 102 Å². The molecule has 1 aromatic carbocycles. The van der Waals surface area contributed by atoms with Crippen molar-refractivity contribution in [3.05, 3.63) is 117 Å². The maximum absolute atomic E-state index is 11.3. The number of nitrogens with zero attached hydrogens (tertiary/aromatic N) is 1. The van der Waals surface area contributed by atoms with Crippen LogP contribution >= 0.6 is 34.1 Å². The molecule has 3 saturated carbocycles. The molecule has 1 N–H and O–H groups in total. The summed E-state index contributed by atoms with van der Waals surface area (Å²) in [6.45, 7) is 9.15. The van der Waals surface area contributed by atoms with E-state index < -0.39 is 41.7 Å². The fourth-order valence-corrected chi connectivity index (χ4v) is 10.5. The Kier molecular flexibility index (Phi) is 20.9. The van der Waals surface area contributed by atoms with Crippen LogP contribution in [0, 0.1) is 79.5 Å². The summed E-state index contributed by atoms with van der Waals surface area (Å²) in [7, 11) is 19.7. The summed E-state index contributed by atoms with van der Waals surface area (Å²) >= 11 is -1.65. The number of rotatable bonds is 6. The molecule has 0 aliphatic heterocycles. The Labute approximate surface area is 372 Å². The van der Waals surface area contributed by atoms with E-state index in [4.69, 9.17) is 39.0 Å². The first-order valence-corrected chi connectivity index (χ1v) is 32.1. The van der Waals surface area contributed by atoms with E-state index in [1.807, 2.05) is 6.21 Å². The molecule has 0 amide bonds. The number of phenols is 1. The average Bonchev–Trinajstić information content (AvgIpc) is 3.74. The zero-order chi connectivity index (χ0) is 38.0. The van der Waals surface area contributed by atoms with Crippen LogP contribution in [0.3, 0.4) is 0 Å². The Bertz CT molecular complexity index is 1620. The Morgan fingerprint density at radius 2 is 1.31 bits per heavy atom. The predicted molar refractivity (Wildman–Crippen MR) is 234 cm³/mol. The van der Waals surface area contributed by atoms with E-state index in [9.17, 15) is 5.11 Å². The fraction of sp³-hybridized carbons (Fsp3) is 0.511. The number of phenolic OH excluding ortho intramolecular Hbond substituents is 1. The molecule has 0 saturated heterocycles. The van der Waals surface area contributed by atoms with Crippen LogP contribution in [0.5, 0.6) is 5.75 Å². The third-order valence-electron chi connectivity index (χ3n) is 12.9. The van der Waals surface area contributed by atoms with Gasteiger partial charge >= 0.3 is 75.7 Å². The van der Waals surface area contributed by atoms with Crippen LogP contribution < -0.4 is 0 Å². The van der Waals surface area contributed by atoms with E-state index in [1.165, 1.54) is 32.1 Å². The predicted octanol–water partition coefficient (Wildman–Crippen LogP) is 14.3. The fourth-order valence-electron chi connectivity index (χ4n) is 10.5. The number of aromatic hydroxyl groups is 1. The quantitative estimate of drug-likeness (QED) is 0.172. The third kappa shape index (κ3) is 12.1. The van der Waals surface area contributed by atoms with E-state index in [0.29, 0.717) is 59.1 Å². The van der Waals surface area contributed by atoms with Crippen molar-refractivity contribution >= 4 is 40.3 Å². The minimum absolute atomic E-state index is 0. The summed E-state index contributed by atoms with van der Waals surface area (Å²) in [4.78, 5) is 4.93. The van der Waals surface area contributed by atoms with Gasteiger partial charge in [0.2, 0.25) is 0 Å². The zero-order valence-corrected chi connectivity index (χ0v) is 41.6. The number of fused-ring (bicyclic) bond motifs is 4. The van der Waals surface area contributed by atoms with Crippen molar-refractivity contribution in [2.24, 2.45) is 57.8 Å². The van der Waals surface area contributed by atoms with E-state index in [-0.39, 0.29) is 25.7 Å². The van der Waals surface area contributed by atoms with E-state index in [2.05, 4.69) is 125 Å². The van der Waals surface area contributed by atoms with Crippen molar-refractivity contribution in [3.8, 4) is 17.6 Å². The number of halogens is 4. The summed E-state index contributed by atoms with van der Waals surface area (Å²) in [5.74, 6) is 12.5. The molecule has 0 heterocycles. The van der Waals surface area contributed by atoms with Gasteiger partial charge in [-0.1, -0.05) is 132 Å². The van der Waals surface area contributed by atoms with Gasteiger partial charge in [-0.3, -0.25) is 4.99 Å². The Hall–Kier alpha value is -0.384.